The molecule has 0 saturated heterocycles. The minimum absolute atomic E-state index is 0.145. The number of thiocarbonyl (C=S) groups is 1. The van der Waals surface area contributed by atoms with E-state index in [2.05, 4.69) is 13.0 Å². The van der Waals surface area contributed by atoms with Gasteiger partial charge in [-0.2, -0.15) is 0 Å². The average Bonchev–Trinajstić information content (AvgIpc) is 2.48. The second kappa shape index (κ2) is 8.84. The van der Waals surface area contributed by atoms with Crippen LogP contribution in [0.3, 0.4) is 0 Å². The minimum Gasteiger partial charge on any atom is -0.496 e. The van der Waals surface area contributed by atoms with E-state index >= 15 is 0 Å². The monoisotopic (exact) mass is 318 g/mol. The van der Waals surface area contributed by atoms with Crippen LogP contribution in [0.25, 0.3) is 5.57 Å². The van der Waals surface area contributed by atoms with E-state index in [1.54, 1.807) is 13.2 Å². The standard InChI is InChI=1S/C19H26O2S/c1-6-7-8-16(15(4)22)17(9-10-20)18-11-14(3)19(21-5)12-13(18)2/h9-12,16H,6-8H2,1-5H3/b17-9+. The van der Waals surface area contributed by atoms with E-state index in [0.29, 0.717) is 0 Å². The van der Waals surface area contributed by atoms with Crippen LogP contribution in [0.2, 0.25) is 0 Å². The van der Waals surface area contributed by atoms with Crippen LogP contribution in [0.4, 0.5) is 0 Å². The molecule has 0 aromatic heterocycles. The predicted molar refractivity (Wildman–Crippen MR) is 97.8 cm³/mol. The number of aryl methyl sites for hydroxylation is 2. The Morgan fingerprint density at radius 1 is 1.32 bits per heavy atom. The maximum absolute atomic E-state index is 11.2. The second-order valence-electron chi connectivity index (χ2n) is 5.70. The summed E-state index contributed by atoms with van der Waals surface area (Å²) in [6, 6.07) is 4.12. The van der Waals surface area contributed by atoms with Crippen LogP contribution in [-0.4, -0.2) is 18.3 Å². The number of hydrogen-bond donors (Lipinski definition) is 0. The Morgan fingerprint density at radius 3 is 2.50 bits per heavy atom. The van der Waals surface area contributed by atoms with Crippen molar-refractivity contribution >= 4 is 28.9 Å². The number of methoxy groups -OCH3 is 1. The zero-order valence-corrected chi connectivity index (χ0v) is 15.0. The second-order valence-corrected chi connectivity index (χ2v) is 6.34. The number of benzene rings is 1. The Balaban J connectivity index is 3.36. The van der Waals surface area contributed by atoms with E-state index in [1.807, 2.05) is 26.8 Å². The van der Waals surface area contributed by atoms with Crippen LogP contribution in [-0.2, 0) is 4.79 Å². The topological polar surface area (TPSA) is 26.3 Å². The molecular formula is C19H26O2S. The summed E-state index contributed by atoms with van der Waals surface area (Å²) in [7, 11) is 1.68. The van der Waals surface area contributed by atoms with E-state index in [4.69, 9.17) is 17.0 Å². The molecule has 1 atom stereocenters. The van der Waals surface area contributed by atoms with Gasteiger partial charge in [-0.25, -0.2) is 0 Å². The Labute approximate surface area is 139 Å². The summed E-state index contributed by atoms with van der Waals surface area (Å²) in [5.41, 5.74) is 4.29. The van der Waals surface area contributed by atoms with Gasteiger partial charge in [-0.3, -0.25) is 4.79 Å². The number of unbranched alkanes of at least 4 members (excludes halogenated alkanes) is 1. The van der Waals surface area contributed by atoms with Crippen molar-refractivity contribution in [1.29, 1.82) is 0 Å². The van der Waals surface area contributed by atoms with Gasteiger partial charge in [0.1, 0.15) is 12.0 Å². The highest BCUT2D eigenvalue weighted by molar-refractivity contribution is 7.80. The molecule has 0 bridgehead atoms. The fourth-order valence-electron chi connectivity index (χ4n) is 2.77. The Morgan fingerprint density at radius 2 is 2.00 bits per heavy atom. The summed E-state index contributed by atoms with van der Waals surface area (Å²) < 4.78 is 5.38. The van der Waals surface area contributed by atoms with Gasteiger partial charge in [0.25, 0.3) is 0 Å². The summed E-state index contributed by atoms with van der Waals surface area (Å²) in [6.45, 7) is 8.21. The molecule has 120 valence electrons. The molecule has 0 spiro atoms. The third-order valence-corrected chi connectivity index (χ3v) is 4.30. The van der Waals surface area contributed by atoms with Gasteiger partial charge in [-0.15, -0.1) is 0 Å². The summed E-state index contributed by atoms with van der Waals surface area (Å²) in [5.74, 6) is 1.02. The van der Waals surface area contributed by atoms with E-state index < -0.39 is 0 Å². The van der Waals surface area contributed by atoms with Gasteiger partial charge in [0.15, 0.2) is 0 Å². The van der Waals surface area contributed by atoms with Crippen molar-refractivity contribution in [2.75, 3.05) is 7.11 Å². The highest BCUT2D eigenvalue weighted by Gasteiger charge is 2.20. The number of allylic oxidation sites excluding steroid dienone is 2. The first kappa shape index (κ1) is 18.6. The van der Waals surface area contributed by atoms with Crippen LogP contribution in [0.1, 0.15) is 49.8 Å². The zero-order chi connectivity index (χ0) is 16.7. The molecular weight excluding hydrogens is 292 g/mol. The van der Waals surface area contributed by atoms with E-state index in [1.165, 1.54) is 0 Å². The smallest absolute Gasteiger partial charge is 0.143 e. The van der Waals surface area contributed by atoms with Crippen molar-refractivity contribution in [3.8, 4) is 5.75 Å². The number of ether oxygens (including phenoxy) is 1. The molecule has 0 saturated carbocycles. The normalized spacial score (nSPS) is 12.9. The number of aldehydes is 1. The van der Waals surface area contributed by atoms with Gasteiger partial charge in [0, 0.05) is 5.92 Å². The molecule has 0 aliphatic rings. The Kier molecular flexibility index (Phi) is 7.46. The first-order valence-electron chi connectivity index (χ1n) is 7.77. The molecule has 0 aliphatic heterocycles. The summed E-state index contributed by atoms with van der Waals surface area (Å²) in [4.78, 5) is 12.1. The SMILES string of the molecule is CCCCC(C(C)=S)/C(=C\C=O)c1cc(C)c(OC)cc1C. The van der Waals surface area contributed by atoms with Gasteiger partial charge in [-0.05, 0) is 72.5 Å². The largest absolute Gasteiger partial charge is 0.496 e. The molecule has 0 radical (unpaired) electrons. The molecule has 0 amide bonds. The molecule has 0 N–H and O–H groups in total. The van der Waals surface area contributed by atoms with Crippen molar-refractivity contribution in [3.63, 3.8) is 0 Å². The summed E-state index contributed by atoms with van der Waals surface area (Å²) in [5, 5.41) is 0. The Hall–Kier alpha value is -1.48. The molecule has 3 heteroatoms. The average molecular weight is 318 g/mol. The van der Waals surface area contributed by atoms with E-state index in [9.17, 15) is 4.79 Å². The molecule has 1 aromatic carbocycles. The van der Waals surface area contributed by atoms with E-state index in [-0.39, 0.29) is 5.92 Å². The van der Waals surface area contributed by atoms with Gasteiger partial charge >= 0.3 is 0 Å². The highest BCUT2D eigenvalue weighted by Crippen LogP contribution is 2.34. The summed E-state index contributed by atoms with van der Waals surface area (Å²) in [6.07, 6.45) is 5.74. The lowest BCUT2D eigenvalue weighted by Gasteiger charge is -2.22. The van der Waals surface area contributed by atoms with Crippen LogP contribution in [0.5, 0.6) is 5.75 Å². The zero-order valence-electron chi connectivity index (χ0n) is 14.2. The first-order chi connectivity index (χ1) is 10.5. The molecule has 0 aliphatic carbocycles. The highest BCUT2D eigenvalue weighted by atomic mass is 32.1. The molecule has 0 heterocycles. The number of rotatable bonds is 8. The minimum atomic E-state index is 0.145. The number of carbonyl (C=O) groups is 1. The van der Waals surface area contributed by atoms with Gasteiger partial charge < -0.3 is 4.74 Å². The lowest BCUT2D eigenvalue weighted by molar-refractivity contribution is -0.104. The predicted octanol–water partition coefficient (Wildman–Crippen LogP) is 5.09. The molecule has 0 fully saturated rings. The Bertz CT molecular complexity index is 573. The molecule has 2 nitrogen and oxygen atoms in total. The van der Waals surface area contributed by atoms with Crippen molar-refractivity contribution in [1.82, 2.24) is 0 Å². The van der Waals surface area contributed by atoms with Crippen molar-refractivity contribution in [3.05, 3.63) is 34.9 Å². The fraction of sp³-hybridized carbons (Fsp3) is 0.474. The van der Waals surface area contributed by atoms with Gasteiger partial charge in [-0.1, -0.05) is 32.0 Å². The van der Waals surface area contributed by atoms with Gasteiger partial charge in [0.2, 0.25) is 0 Å². The maximum Gasteiger partial charge on any atom is 0.143 e. The van der Waals surface area contributed by atoms with Crippen molar-refractivity contribution < 1.29 is 9.53 Å². The van der Waals surface area contributed by atoms with Crippen molar-refractivity contribution in [2.24, 2.45) is 5.92 Å². The van der Waals surface area contributed by atoms with E-state index in [0.717, 1.165) is 58.4 Å². The molecule has 1 aromatic rings. The fourth-order valence-corrected chi connectivity index (χ4v) is 3.02. The van der Waals surface area contributed by atoms with Gasteiger partial charge in [0.05, 0.1) is 7.11 Å². The lowest BCUT2D eigenvalue weighted by atomic mass is 9.84. The lowest BCUT2D eigenvalue weighted by Crippen LogP contribution is -2.13. The third kappa shape index (κ3) is 4.51. The third-order valence-electron chi connectivity index (χ3n) is 4.01. The van der Waals surface area contributed by atoms with Crippen LogP contribution < -0.4 is 4.74 Å². The van der Waals surface area contributed by atoms with Crippen LogP contribution in [0.15, 0.2) is 18.2 Å². The molecule has 22 heavy (non-hydrogen) atoms. The van der Waals surface area contributed by atoms with Crippen molar-refractivity contribution in [2.45, 2.75) is 47.0 Å². The van der Waals surface area contributed by atoms with Crippen LogP contribution >= 0.6 is 12.2 Å². The number of carbonyl (C=O) groups excluding carboxylic acids is 1. The molecule has 1 unspecified atom stereocenters. The number of hydrogen-bond acceptors (Lipinski definition) is 3. The summed E-state index contributed by atoms with van der Waals surface area (Å²) >= 11 is 5.46. The van der Waals surface area contributed by atoms with Crippen LogP contribution in [0, 0.1) is 19.8 Å². The first-order valence-corrected chi connectivity index (χ1v) is 8.18. The molecule has 1 rings (SSSR count). The maximum atomic E-state index is 11.2. The quantitative estimate of drug-likeness (QED) is 0.379.